The van der Waals surface area contributed by atoms with E-state index in [1.54, 1.807) is 13.8 Å². The lowest BCUT2D eigenvalue weighted by atomic mass is 9.84. The highest BCUT2D eigenvalue weighted by Crippen LogP contribution is 2.31. The molecule has 3 atom stereocenters. The molecule has 25 heavy (non-hydrogen) atoms. The van der Waals surface area contributed by atoms with Crippen molar-refractivity contribution in [3.63, 3.8) is 0 Å². The number of halogens is 1. The summed E-state index contributed by atoms with van der Waals surface area (Å²) in [4.78, 5) is 24.2. The fourth-order valence-electron chi connectivity index (χ4n) is 2.77. The van der Waals surface area contributed by atoms with Crippen molar-refractivity contribution >= 4 is 23.5 Å². The lowest BCUT2D eigenvalue weighted by Gasteiger charge is -2.23. The number of hydrogen-bond donors (Lipinski definition) is 0. The first kappa shape index (κ1) is 21.2. The van der Waals surface area contributed by atoms with Crippen molar-refractivity contribution in [3.05, 3.63) is 48.6 Å². The van der Waals surface area contributed by atoms with E-state index in [1.807, 2.05) is 36.4 Å². The molecule has 0 bridgehead atoms. The van der Waals surface area contributed by atoms with Crippen LogP contribution in [0.15, 0.2) is 43.0 Å². The minimum atomic E-state index is -0.866. The summed E-state index contributed by atoms with van der Waals surface area (Å²) in [6.45, 7) is 7.84. The number of esters is 2. The monoisotopic (exact) mass is 366 g/mol. The highest BCUT2D eigenvalue weighted by molar-refractivity contribution is 6.30. The summed E-state index contributed by atoms with van der Waals surface area (Å²) in [5.41, 5.74) is 1.12. The quantitative estimate of drug-likeness (QED) is 0.329. The Morgan fingerprint density at radius 2 is 1.68 bits per heavy atom. The molecule has 0 heterocycles. The van der Waals surface area contributed by atoms with Crippen molar-refractivity contribution in [1.29, 1.82) is 0 Å². The van der Waals surface area contributed by atoms with Crippen LogP contribution in [0.4, 0.5) is 0 Å². The zero-order chi connectivity index (χ0) is 18.7. The van der Waals surface area contributed by atoms with Gasteiger partial charge >= 0.3 is 11.9 Å². The van der Waals surface area contributed by atoms with Gasteiger partial charge < -0.3 is 9.47 Å². The summed E-state index contributed by atoms with van der Waals surface area (Å²) in [5, 5.41) is -0.866. The van der Waals surface area contributed by atoms with Crippen LogP contribution in [0, 0.1) is 5.92 Å². The minimum Gasteiger partial charge on any atom is -0.466 e. The number of carbonyl (C=O) groups excluding carboxylic acids is 2. The van der Waals surface area contributed by atoms with Gasteiger partial charge in [0.15, 0.2) is 0 Å². The van der Waals surface area contributed by atoms with E-state index in [-0.39, 0.29) is 24.9 Å². The summed E-state index contributed by atoms with van der Waals surface area (Å²) < 4.78 is 10.1. The molecule has 0 N–H and O–H groups in total. The lowest BCUT2D eigenvalue weighted by Crippen LogP contribution is -2.28. The summed E-state index contributed by atoms with van der Waals surface area (Å²) in [5.74, 6) is -1.20. The fourth-order valence-corrected chi connectivity index (χ4v) is 3.04. The minimum absolute atomic E-state index is 0.110. The van der Waals surface area contributed by atoms with Gasteiger partial charge in [-0.1, -0.05) is 36.4 Å². The van der Waals surface area contributed by atoms with Gasteiger partial charge in [0.25, 0.3) is 0 Å². The molecule has 1 aromatic rings. The Hall–Kier alpha value is -1.81. The first-order chi connectivity index (χ1) is 12.0. The summed E-state index contributed by atoms with van der Waals surface area (Å²) in [6, 6.07) is 9.94. The van der Waals surface area contributed by atoms with Crippen molar-refractivity contribution in [2.24, 2.45) is 5.92 Å². The molecule has 0 aromatic heterocycles. The standard InChI is InChI=1S/C20H27ClO4/c1-4-10-16(15-11-8-7-9-12-15)13-17(19(22)24-5-2)14-18(21)20(23)25-6-3/h4,7-9,11-12,16-18H,1,5-6,10,13-14H2,2-3H3. The Morgan fingerprint density at radius 1 is 1.08 bits per heavy atom. The Balaban J connectivity index is 2.91. The fraction of sp³-hybridized carbons (Fsp3) is 0.500. The SMILES string of the molecule is C=CCC(CC(CC(Cl)C(=O)OCC)C(=O)OCC)c1ccccc1. The molecule has 0 radical (unpaired) electrons. The lowest BCUT2D eigenvalue weighted by molar-refractivity contribution is -0.149. The third-order valence-corrected chi connectivity index (χ3v) is 4.30. The molecule has 0 saturated carbocycles. The second kappa shape index (κ2) is 11.7. The van der Waals surface area contributed by atoms with Crippen LogP contribution in [-0.4, -0.2) is 30.5 Å². The summed E-state index contributed by atoms with van der Waals surface area (Å²) in [6.07, 6.45) is 3.30. The predicted molar refractivity (Wildman–Crippen MR) is 99.6 cm³/mol. The Bertz CT molecular complexity index is 544. The number of benzene rings is 1. The van der Waals surface area contributed by atoms with Gasteiger partial charge in [0.05, 0.1) is 19.1 Å². The molecular formula is C20H27ClO4. The number of alkyl halides is 1. The molecule has 1 aromatic carbocycles. The van der Waals surface area contributed by atoms with E-state index >= 15 is 0 Å². The maximum absolute atomic E-state index is 12.4. The van der Waals surface area contributed by atoms with E-state index in [9.17, 15) is 9.59 Å². The van der Waals surface area contributed by atoms with Crippen LogP contribution in [0.3, 0.4) is 0 Å². The van der Waals surface area contributed by atoms with Gasteiger partial charge in [-0.15, -0.1) is 18.2 Å². The maximum Gasteiger partial charge on any atom is 0.324 e. The van der Waals surface area contributed by atoms with Crippen LogP contribution in [-0.2, 0) is 19.1 Å². The Labute approximate surface area is 155 Å². The zero-order valence-electron chi connectivity index (χ0n) is 14.9. The van der Waals surface area contributed by atoms with E-state index in [0.717, 1.165) is 12.0 Å². The second-order valence-electron chi connectivity index (χ2n) is 5.77. The van der Waals surface area contributed by atoms with Gasteiger partial charge in [0, 0.05) is 0 Å². The highest BCUT2D eigenvalue weighted by Gasteiger charge is 2.30. The Morgan fingerprint density at radius 3 is 2.24 bits per heavy atom. The van der Waals surface area contributed by atoms with Crippen LogP contribution in [0.2, 0.25) is 0 Å². The molecule has 5 heteroatoms. The van der Waals surface area contributed by atoms with E-state index < -0.39 is 17.3 Å². The molecule has 0 amide bonds. The topological polar surface area (TPSA) is 52.6 Å². The molecule has 0 spiro atoms. The van der Waals surface area contributed by atoms with Gasteiger partial charge in [-0.25, -0.2) is 0 Å². The van der Waals surface area contributed by atoms with Crippen LogP contribution in [0.25, 0.3) is 0 Å². The first-order valence-corrected chi connectivity index (χ1v) is 9.10. The first-order valence-electron chi connectivity index (χ1n) is 8.66. The molecule has 0 aliphatic carbocycles. The number of rotatable bonds is 11. The van der Waals surface area contributed by atoms with Crippen molar-refractivity contribution < 1.29 is 19.1 Å². The molecule has 138 valence electrons. The predicted octanol–water partition coefficient (Wildman–Crippen LogP) is 4.48. The normalized spacial score (nSPS) is 14.2. The van der Waals surface area contributed by atoms with E-state index in [1.165, 1.54) is 0 Å². The average Bonchev–Trinajstić information content (AvgIpc) is 2.61. The third kappa shape index (κ3) is 7.30. The molecule has 4 nitrogen and oxygen atoms in total. The van der Waals surface area contributed by atoms with Gasteiger partial charge in [0.1, 0.15) is 5.38 Å². The number of allylic oxidation sites excluding steroid dienone is 1. The maximum atomic E-state index is 12.4. The average molecular weight is 367 g/mol. The van der Waals surface area contributed by atoms with Gasteiger partial charge in [-0.05, 0) is 44.6 Å². The van der Waals surface area contributed by atoms with Crippen LogP contribution >= 0.6 is 11.6 Å². The largest absolute Gasteiger partial charge is 0.466 e. The Kier molecular flexibility index (Phi) is 9.93. The van der Waals surface area contributed by atoms with Crippen LogP contribution in [0.5, 0.6) is 0 Å². The second-order valence-corrected chi connectivity index (χ2v) is 6.30. The summed E-state index contributed by atoms with van der Waals surface area (Å²) in [7, 11) is 0. The van der Waals surface area contributed by atoms with Gasteiger partial charge in [-0.3, -0.25) is 9.59 Å². The molecule has 3 unspecified atom stereocenters. The van der Waals surface area contributed by atoms with Crippen LogP contribution < -0.4 is 0 Å². The number of carbonyl (C=O) groups is 2. The van der Waals surface area contributed by atoms with E-state index in [2.05, 4.69) is 6.58 Å². The molecule has 0 saturated heterocycles. The smallest absolute Gasteiger partial charge is 0.324 e. The van der Waals surface area contributed by atoms with E-state index in [4.69, 9.17) is 21.1 Å². The van der Waals surface area contributed by atoms with Crippen molar-refractivity contribution in [3.8, 4) is 0 Å². The highest BCUT2D eigenvalue weighted by atomic mass is 35.5. The van der Waals surface area contributed by atoms with Gasteiger partial charge in [-0.2, -0.15) is 0 Å². The van der Waals surface area contributed by atoms with Gasteiger partial charge in [0.2, 0.25) is 0 Å². The molecule has 1 rings (SSSR count). The van der Waals surface area contributed by atoms with Crippen LogP contribution in [0.1, 0.15) is 44.6 Å². The molecule has 0 fully saturated rings. The summed E-state index contributed by atoms with van der Waals surface area (Å²) >= 11 is 6.15. The number of hydrogen-bond acceptors (Lipinski definition) is 4. The van der Waals surface area contributed by atoms with Crippen molar-refractivity contribution in [2.75, 3.05) is 13.2 Å². The van der Waals surface area contributed by atoms with Crippen molar-refractivity contribution in [2.45, 2.75) is 44.4 Å². The number of ether oxygens (including phenoxy) is 2. The van der Waals surface area contributed by atoms with Crippen molar-refractivity contribution in [1.82, 2.24) is 0 Å². The zero-order valence-corrected chi connectivity index (χ0v) is 15.7. The molecular weight excluding hydrogens is 340 g/mol. The molecule has 0 aliphatic rings. The molecule has 0 aliphatic heterocycles. The van der Waals surface area contributed by atoms with E-state index in [0.29, 0.717) is 13.0 Å². The third-order valence-electron chi connectivity index (χ3n) is 3.94.